The number of rotatable bonds is 8. The number of fused-ring (bicyclic) bond motifs is 2. The zero-order valence-electron chi connectivity index (χ0n) is 20.9. The lowest BCUT2D eigenvalue weighted by Crippen LogP contribution is -2.44. The summed E-state index contributed by atoms with van der Waals surface area (Å²) in [5.74, 6) is -2.13. The van der Waals surface area contributed by atoms with Crippen molar-refractivity contribution >= 4 is 23.6 Å². The van der Waals surface area contributed by atoms with Crippen molar-refractivity contribution in [2.45, 2.75) is 65.0 Å². The van der Waals surface area contributed by atoms with E-state index in [2.05, 4.69) is 20.6 Å². The van der Waals surface area contributed by atoms with Gasteiger partial charge in [0, 0.05) is 37.2 Å². The van der Waals surface area contributed by atoms with E-state index in [0.29, 0.717) is 25.2 Å². The van der Waals surface area contributed by atoms with Gasteiger partial charge in [-0.05, 0) is 43.2 Å². The van der Waals surface area contributed by atoms with Gasteiger partial charge in [-0.1, -0.05) is 44.2 Å². The van der Waals surface area contributed by atoms with Crippen molar-refractivity contribution in [3.63, 3.8) is 0 Å². The molecule has 0 aliphatic carbocycles. The molecule has 2 heterocycles. The standard InChI is InChI=1S/C27H34N4O5/c1-18(2)14-22(31-27(35)36-17-19-8-4-3-5-9-19)23(32)15-20-16-24-28-13-11-21(30-24)10-6-7-12-29-26(34)25(20)33/h3-5,8-9,11,13,18,20,22H,6-7,10,12,14-17H2,1-2H3,(H,29,34)(H,31,35). The number of benzene rings is 1. The maximum absolute atomic E-state index is 13.3. The third-order valence-corrected chi connectivity index (χ3v) is 5.98. The topological polar surface area (TPSA) is 127 Å². The number of Topliss-reactive ketones (excluding diaryl/α,β-unsaturated/α-hetero) is 2. The molecule has 192 valence electrons. The fraction of sp³-hybridized carbons (Fsp3) is 0.481. The lowest BCUT2D eigenvalue weighted by molar-refractivity contribution is -0.141. The van der Waals surface area contributed by atoms with Gasteiger partial charge in [-0.25, -0.2) is 14.8 Å². The van der Waals surface area contributed by atoms with Gasteiger partial charge in [0.05, 0.1) is 6.04 Å². The van der Waals surface area contributed by atoms with E-state index in [1.165, 1.54) is 0 Å². The van der Waals surface area contributed by atoms with Gasteiger partial charge >= 0.3 is 6.09 Å². The summed E-state index contributed by atoms with van der Waals surface area (Å²) in [7, 11) is 0. The van der Waals surface area contributed by atoms with Crippen LogP contribution in [0.2, 0.25) is 0 Å². The first kappa shape index (κ1) is 27.0. The smallest absolute Gasteiger partial charge is 0.408 e. The van der Waals surface area contributed by atoms with Gasteiger partial charge < -0.3 is 15.4 Å². The Morgan fingerprint density at radius 3 is 2.67 bits per heavy atom. The molecule has 2 bridgehead atoms. The van der Waals surface area contributed by atoms with Gasteiger partial charge in [-0.2, -0.15) is 0 Å². The zero-order valence-corrected chi connectivity index (χ0v) is 20.9. The van der Waals surface area contributed by atoms with Crippen molar-refractivity contribution in [2.75, 3.05) is 6.54 Å². The first-order valence-corrected chi connectivity index (χ1v) is 12.4. The Balaban J connectivity index is 1.72. The predicted molar refractivity (Wildman–Crippen MR) is 133 cm³/mol. The summed E-state index contributed by atoms with van der Waals surface area (Å²) in [6.45, 7) is 4.33. The zero-order chi connectivity index (χ0) is 25.9. The summed E-state index contributed by atoms with van der Waals surface area (Å²) in [5.41, 5.74) is 1.69. The number of ether oxygens (including phenoxy) is 1. The second kappa shape index (κ2) is 13.5. The van der Waals surface area contributed by atoms with Crippen LogP contribution in [0, 0.1) is 11.8 Å². The van der Waals surface area contributed by atoms with E-state index < -0.39 is 29.7 Å². The van der Waals surface area contributed by atoms with Gasteiger partial charge in [0.15, 0.2) is 5.78 Å². The number of aryl methyl sites for hydroxylation is 1. The number of alkyl carbamates (subject to hydrolysis) is 1. The molecule has 2 amide bonds. The number of nitrogens with one attached hydrogen (secondary N) is 2. The summed E-state index contributed by atoms with van der Waals surface area (Å²) in [5, 5.41) is 5.31. The van der Waals surface area contributed by atoms with E-state index in [4.69, 9.17) is 4.74 Å². The summed E-state index contributed by atoms with van der Waals surface area (Å²) < 4.78 is 5.29. The number of ketones is 2. The molecule has 0 saturated carbocycles. The Morgan fingerprint density at radius 2 is 1.92 bits per heavy atom. The fourth-order valence-electron chi connectivity index (χ4n) is 4.10. The van der Waals surface area contributed by atoms with Gasteiger partial charge in [-0.3, -0.25) is 14.4 Å². The molecule has 2 unspecified atom stereocenters. The van der Waals surface area contributed by atoms with Crippen molar-refractivity contribution in [3.8, 4) is 0 Å². The first-order valence-electron chi connectivity index (χ1n) is 12.4. The van der Waals surface area contributed by atoms with Crippen molar-refractivity contribution in [1.29, 1.82) is 0 Å². The maximum Gasteiger partial charge on any atom is 0.408 e. The molecule has 0 spiro atoms. The quantitative estimate of drug-likeness (QED) is 0.540. The van der Waals surface area contributed by atoms with Crippen LogP contribution >= 0.6 is 0 Å². The molecule has 0 radical (unpaired) electrons. The minimum absolute atomic E-state index is 0.0681. The Kier molecular flexibility index (Phi) is 10.1. The highest BCUT2D eigenvalue weighted by molar-refractivity contribution is 6.37. The van der Waals surface area contributed by atoms with Gasteiger partial charge in [0.2, 0.25) is 5.78 Å². The summed E-state index contributed by atoms with van der Waals surface area (Å²) in [4.78, 5) is 60.0. The summed E-state index contributed by atoms with van der Waals surface area (Å²) in [6, 6.07) is 10.2. The normalized spacial score (nSPS) is 17.4. The average Bonchev–Trinajstić information content (AvgIpc) is 2.86. The number of aromatic nitrogens is 2. The lowest BCUT2D eigenvalue weighted by atomic mass is 9.88. The molecule has 1 aromatic carbocycles. The van der Waals surface area contributed by atoms with Crippen LogP contribution in [-0.2, 0) is 38.6 Å². The second-order valence-electron chi connectivity index (χ2n) is 9.50. The number of carbonyl (C=O) groups excluding carboxylic acids is 4. The number of amides is 2. The van der Waals surface area contributed by atoms with E-state index in [9.17, 15) is 19.2 Å². The first-order chi connectivity index (χ1) is 17.3. The number of nitrogens with zero attached hydrogens (tertiary/aromatic N) is 2. The number of hydrogen-bond donors (Lipinski definition) is 2. The molecule has 36 heavy (non-hydrogen) atoms. The Morgan fingerprint density at radius 1 is 1.14 bits per heavy atom. The Labute approximate surface area is 211 Å². The molecule has 0 saturated heterocycles. The van der Waals surface area contributed by atoms with Crippen LogP contribution in [0.4, 0.5) is 4.79 Å². The number of carbonyl (C=O) groups is 4. The van der Waals surface area contributed by atoms with Crippen LogP contribution in [0.3, 0.4) is 0 Å². The second-order valence-corrected chi connectivity index (χ2v) is 9.50. The van der Waals surface area contributed by atoms with Gasteiger partial charge in [-0.15, -0.1) is 0 Å². The minimum atomic E-state index is -0.927. The Bertz CT molecular complexity index is 1060. The third-order valence-electron chi connectivity index (χ3n) is 5.98. The molecule has 9 heteroatoms. The maximum atomic E-state index is 13.3. The molecule has 3 rings (SSSR count). The van der Waals surface area contributed by atoms with E-state index >= 15 is 0 Å². The molecular formula is C27H34N4O5. The highest BCUT2D eigenvalue weighted by Gasteiger charge is 2.32. The van der Waals surface area contributed by atoms with E-state index in [-0.39, 0.29) is 31.1 Å². The van der Waals surface area contributed by atoms with Crippen LogP contribution in [0.1, 0.15) is 56.6 Å². The minimum Gasteiger partial charge on any atom is -0.445 e. The van der Waals surface area contributed by atoms with Crippen molar-refractivity contribution in [1.82, 2.24) is 20.6 Å². The molecule has 9 nitrogen and oxygen atoms in total. The van der Waals surface area contributed by atoms with Crippen LogP contribution in [0.25, 0.3) is 0 Å². The average molecular weight is 495 g/mol. The lowest BCUT2D eigenvalue weighted by Gasteiger charge is -2.22. The molecular weight excluding hydrogens is 460 g/mol. The molecule has 2 atom stereocenters. The van der Waals surface area contributed by atoms with Gasteiger partial charge in [0.25, 0.3) is 5.91 Å². The summed E-state index contributed by atoms with van der Waals surface area (Å²) in [6.07, 6.45) is 3.44. The van der Waals surface area contributed by atoms with E-state index in [1.807, 2.05) is 50.2 Å². The highest BCUT2D eigenvalue weighted by atomic mass is 16.5. The number of hydrogen-bond acceptors (Lipinski definition) is 7. The molecule has 0 fully saturated rings. The van der Waals surface area contributed by atoms with Crippen LogP contribution in [0.5, 0.6) is 0 Å². The molecule has 2 N–H and O–H groups in total. The SMILES string of the molecule is CC(C)CC(NC(=O)OCc1ccccc1)C(=O)CC1Cc2nccc(n2)CCCCNC(=O)C1=O. The van der Waals surface area contributed by atoms with Gasteiger partial charge in [0.1, 0.15) is 12.4 Å². The van der Waals surface area contributed by atoms with Crippen molar-refractivity contribution in [3.05, 3.63) is 59.7 Å². The highest BCUT2D eigenvalue weighted by Crippen LogP contribution is 2.17. The molecule has 2 aromatic rings. The fourth-order valence-corrected chi connectivity index (χ4v) is 4.10. The summed E-state index contributed by atoms with van der Waals surface area (Å²) >= 11 is 0. The molecule has 1 aliphatic heterocycles. The van der Waals surface area contributed by atoms with E-state index in [1.54, 1.807) is 6.20 Å². The van der Waals surface area contributed by atoms with Crippen LogP contribution in [-0.4, -0.2) is 46.1 Å². The monoisotopic (exact) mass is 494 g/mol. The molecule has 1 aromatic heterocycles. The Hall–Kier alpha value is -3.62. The van der Waals surface area contributed by atoms with Crippen LogP contribution < -0.4 is 10.6 Å². The van der Waals surface area contributed by atoms with Crippen LogP contribution in [0.15, 0.2) is 42.6 Å². The predicted octanol–water partition coefficient (Wildman–Crippen LogP) is 2.96. The van der Waals surface area contributed by atoms with Crippen molar-refractivity contribution in [2.24, 2.45) is 11.8 Å². The third kappa shape index (κ3) is 8.55. The van der Waals surface area contributed by atoms with E-state index in [0.717, 1.165) is 24.1 Å². The van der Waals surface area contributed by atoms with Crippen molar-refractivity contribution < 1.29 is 23.9 Å². The largest absolute Gasteiger partial charge is 0.445 e. The molecule has 1 aliphatic rings.